The lowest BCUT2D eigenvalue weighted by Gasteiger charge is -2.11. The van der Waals surface area contributed by atoms with E-state index in [-0.39, 0.29) is 19.0 Å². The van der Waals surface area contributed by atoms with Gasteiger partial charge in [-0.3, -0.25) is 4.79 Å². The van der Waals surface area contributed by atoms with Crippen molar-refractivity contribution in [1.82, 2.24) is 19.6 Å². The van der Waals surface area contributed by atoms with Crippen LogP contribution in [0.5, 0.6) is 0 Å². The fraction of sp³-hybridized carbons (Fsp3) is 0.250. The first kappa shape index (κ1) is 15.6. The minimum atomic E-state index is -0.298. The van der Waals surface area contributed by atoms with Gasteiger partial charge in [0.15, 0.2) is 0 Å². The fourth-order valence-electron chi connectivity index (χ4n) is 2.38. The number of aryl methyl sites for hydroxylation is 2. The monoisotopic (exact) mass is 374 g/mol. The molecular formula is C16H15BrN4O2. The molecule has 0 aliphatic heterocycles. The molecule has 1 aromatic carbocycles. The van der Waals surface area contributed by atoms with Gasteiger partial charge in [0.25, 0.3) is 5.78 Å². The van der Waals surface area contributed by atoms with Crippen LogP contribution in [0.3, 0.4) is 0 Å². The third kappa shape index (κ3) is 3.24. The van der Waals surface area contributed by atoms with Crippen LogP contribution in [0.2, 0.25) is 0 Å². The maximum Gasteiger partial charge on any atom is 0.310 e. The lowest BCUT2D eigenvalue weighted by molar-refractivity contribution is -0.144. The van der Waals surface area contributed by atoms with Gasteiger partial charge in [0.2, 0.25) is 0 Å². The van der Waals surface area contributed by atoms with Crippen molar-refractivity contribution in [3.05, 3.63) is 57.6 Å². The number of fused-ring (bicyclic) bond motifs is 1. The quantitative estimate of drug-likeness (QED) is 0.656. The minimum Gasteiger partial charge on any atom is -0.461 e. The van der Waals surface area contributed by atoms with Crippen LogP contribution < -0.4 is 0 Å². The Morgan fingerprint density at radius 3 is 2.87 bits per heavy atom. The summed E-state index contributed by atoms with van der Waals surface area (Å²) in [4.78, 5) is 20.6. The van der Waals surface area contributed by atoms with Crippen molar-refractivity contribution < 1.29 is 9.53 Å². The smallest absolute Gasteiger partial charge is 0.310 e. The summed E-state index contributed by atoms with van der Waals surface area (Å²) in [5.74, 6) is 0.235. The van der Waals surface area contributed by atoms with Gasteiger partial charge in [0.1, 0.15) is 12.9 Å². The zero-order chi connectivity index (χ0) is 16.4. The van der Waals surface area contributed by atoms with E-state index < -0.39 is 0 Å². The van der Waals surface area contributed by atoms with Gasteiger partial charge >= 0.3 is 5.97 Å². The first-order chi connectivity index (χ1) is 11.1. The second kappa shape index (κ2) is 6.45. The Bertz CT molecular complexity index is 876. The van der Waals surface area contributed by atoms with E-state index in [1.807, 2.05) is 38.1 Å². The average molecular weight is 375 g/mol. The molecule has 3 aromatic rings. The number of rotatable bonds is 4. The highest BCUT2D eigenvalue weighted by Crippen LogP contribution is 2.18. The first-order valence-corrected chi connectivity index (χ1v) is 7.90. The Labute approximate surface area is 141 Å². The number of carbonyl (C=O) groups excluding carboxylic acids is 1. The number of aromatic nitrogens is 4. The normalized spacial score (nSPS) is 10.9. The molecule has 0 unspecified atom stereocenters. The maximum absolute atomic E-state index is 12.2. The average Bonchev–Trinajstić information content (AvgIpc) is 2.99. The van der Waals surface area contributed by atoms with Gasteiger partial charge in [-0.05, 0) is 19.9 Å². The summed E-state index contributed by atoms with van der Waals surface area (Å²) in [6.07, 6.45) is 1.61. The highest BCUT2D eigenvalue weighted by atomic mass is 79.9. The number of hydrogen-bond donors (Lipinski definition) is 0. The van der Waals surface area contributed by atoms with Gasteiger partial charge in [-0.2, -0.15) is 10.1 Å². The van der Waals surface area contributed by atoms with Crippen molar-refractivity contribution in [3.63, 3.8) is 0 Å². The Morgan fingerprint density at radius 1 is 1.30 bits per heavy atom. The molecule has 0 aliphatic rings. The molecular weight excluding hydrogens is 360 g/mol. The number of benzene rings is 1. The molecule has 0 saturated carbocycles. The summed E-state index contributed by atoms with van der Waals surface area (Å²) in [5.41, 5.74) is 3.36. The maximum atomic E-state index is 12.2. The predicted molar refractivity (Wildman–Crippen MR) is 87.9 cm³/mol. The lowest BCUT2D eigenvalue weighted by atomic mass is 10.1. The number of carbonyl (C=O) groups is 1. The van der Waals surface area contributed by atoms with Crippen molar-refractivity contribution in [2.75, 3.05) is 0 Å². The number of esters is 1. The topological polar surface area (TPSA) is 69.4 Å². The molecule has 118 valence electrons. The molecule has 0 atom stereocenters. The van der Waals surface area contributed by atoms with Crippen LogP contribution in [-0.2, 0) is 22.6 Å². The van der Waals surface area contributed by atoms with E-state index in [0.717, 1.165) is 27.0 Å². The Kier molecular flexibility index (Phi) is 4.38. The second-order valence-electron chi connectivity index (χ2n) is 5.16. The Morgan fingerprint density at radius 2 is 2.09 bits per heavy atom. The number of ether oxygens (including phenoxy) is 1. The SMILES string of the molecule is Cc1nc2ncnn2c(C)c1CC(=O)OCc1ccccc1Br. The van der Waals surface area contributed by atoms with Crippen molar-refractivity contribution in [3.8, 4) is 0 Å². The molecule has 0 N–H and O–H groups in total. The van der Waals surface area contributed by atoms with E-state index in [9.17, 15) is 4.79 Å². The third-order valence-electron chi connectivity index (χ3n) is 3.66. The Hall–Kier alpha value is -2.28. The summed E-state index contributed by atoms with van der Waals surface area (Å²) in [5, 5.41) is 4.12. The molecule has 0 amide bonds. The molecule has 23 heavy (non-hydrogen) atoms. The summed E-state index contributed by atoms with van der Waals surface area (Å²) in [6, 6.07) is 7.66. The van der Waals surface area contributed by atoms with Gasteiger partial charge in [-0.15, -0.1) is 0 Å². The van der Waals surface area contributed by atoms with Crippen molar-refractivity contribution in [2.45, 2.75) is 26.9 Å². The number of hydrogen-bond acceptors (Lipinski definition) is 5. The minimum absolute atomic E-state index is 0.158. The zero-order valence-corrected chi connectivity index (χ0v) is 14.4. The van der Waals surface area contributed by atoms with Gasteiger partial charge in [0, 0.05) is 27.0 Å². The summed E-state index contributed by atoms with van der Waals surface area (Å²) < 4.78 is 7.92. The molecule has 0 aliphatic carbocycles. The van der Waals surface area contributed by atoms with E-state index in [2.05, 4.69) is 31.0 Å². The summed E-state index contributed by atoms with van der Waals surface area (Å²) in [7, 11) is 0. The number of nitrogens with zero attached hydrogens (tertiary/aromatic N) is 4. The van der Waals surface area contributed by atoms with E-state index in [1.54, 1.807) is 4.52 Å². The number of halogens is 1. The molecule has 6 nitrogen and oxygen atoms in total. The van der Waals surface area contributed by atoms with Crippen LogP contribution in [0.25, 0.3) is 5.78 Å². The van der Waals surface area contributed by atoms with Crippen molar-refractivity contribution in [2.24, 2.45) is 0 Å². The molecule has 0 fully saturated rings. The predicted octanol–water partition coefficient (Wildman–Crippen LogP) is 2.79. The van der Waals surface area contributed by atoms with Gasteiger partial charge in [0.05, 0.1) is 6.42 Å². The lowest BCUT2D eigenvalue weighted by Crippen LogP contribution is -2.13. The third-order valence-corrected chi connectivity index (χ3v) is 4.43. The van der Waals surface area contributed by atoms with E-state index >= 15 is 0 Å². The van der Waals surface area contributed by atoms with Crippen molar-refractivity contribution >= 4 is 27.7 Å². The summed E-state index contributed by atoms with van der Waals surface area (Å²) >= 11 is 3.44. The van der Waals surface area contributed by atoms with Gasteiger partial charge < -0.3 is 4.74 Å². The van der Waals surface area contributed by atoms with Crippen LogP contribution in [0.4, 0.5) is 0 Å². The van der Waals surface area contributed by atoms with Gasteiger partial charge in [-0.1, -0.05) is 34.1 Å². The van der Waals surface area contributed by atoms with Crippen molar-refractivity contribution in [1.29, 1.82) is 0 Å². The highest BCUT2D eigenvalue weighted by molar-refractivity contribution is 9.10. The van der Waals surface area contributed by atoms with Crippen LogP contribution in [-0.4, -0.2) is 25.6 Å². The molecule has 0 radical (unpaired) electrons. The molecule has 7 heteroatoms. The largest absolute Gasteiger partial charge is 0.461 e. The molecule has 0 bridgehead atoms. The van der Waals surface area contributed by atoms with E-state index in [0.29, 0.717) is 5.78 Å². The standard InChI is InChI=1S/C16H15BrN4O2/c1-10-13(11(2)21-16(20-10)18-9-19-21)7-15(22)23-8-12-5-3-4-6-14(12)17/h3-6,9H,7-8H2,1-2H3. The zero-order valence-electron chi connectivity index (χ0n) is 12.8. The fourth-order valence-corrected chi connectivity index (χ4v) is 2.78. The molecule has 0 saturated heterocycles. The molecule has 2 aromatic heterocycles. The van der Waals surface area contributed by atoms with Crippen LogP contribution >= 0.6 is 15.9 Å². The summed E-state index contributed by atoms with van der Waals surface area (Å²) in [6.45, 7) is 3.99. The molecule has 2 heterocycles. The first-order valence-electron chi connectivity index (χ1n) is 7.11. The van der Waals surface area contributed by atoms with Crippen LogP contribution in [0.15, 0.2) is 35.1 Å². The van der Waals surface area contributed by atoms with E-state index in [1.165, 1.54) is 6.33 Å². The second-order valence-corrected chi connectivity index (χ2v) is 6.02. The highest BCUT2D eigenvalue weighted by Gasteiger charge is 2.15. The molecule has 3 rings (SSSR count). The van der Waals surface area contributed by atoms with Crippen LogP contribution in [0, 0.1) is 13.8 Å². The van der Waals surface area contributed by atoms with Crippen LogP contribution in [0.1, 0.15) is 22.5 Å². The molecule has 0 spiro atoms. The van der Waals surface area contributed by atoms with E-state index in [4.69, 9.17) is 4.74 Å². The van der Waals surface area contributed by atoms with Gasteiger partial charge in [-0.25, -0.2) is 9.50 Å². The Balaban J connectivity index is 1.74.